The summed E-state index contributed by atoms with van der Waals surface area (Å²) in [5.74, 6) is 0.662. The van der Waals surface area contributed by atoms with Gasteiger partial charge in [0.15, 0.2) is 0 Å². The molecular formula is C5H9N9O. The molecule has 0 amide bonds. The summed E-state index contributed by atoms with van der Waals surface area (Å²) in [5.41, 5.74) is 0. The Labute approximate surface area is 84.1 Å². The molecule has 2 aromatic rings. The van der Waals surface area contributed by atoms with E-state index in [4.69, 9.17) is 5.11 Å². The summed E-state index contributed by atoms with van der Waals surface area (Å²) in [4.78, 5) is 1.41. The van der Waals surface area contributed by atoms with Gasteiger partial charge in [0.05, 0.1) is 0 Å². The summed E-state index contributed by atoms with van der Waals surface area (Å²) in [6.45, 7) is -0.331. The van der Waals surface area contributed by atoms with Gasteiger partial charge in [-0.2, -0.15) is 4.68 Å². The highest BCUT2D eigenvalue weighted by Crippen LogP contribution is 2.09. The molecule has 0 aliphatic rings. The van der Waals surface area contributed by atoms with Crippen molar-refractivity contribution in [3.63, 3.8) is 0 Å². The molecule has 10 heteroatoms. The van der Waals surface area contributed by atoms with Crippen LogP contribution in [0, 0.1) is 0 Å². The van der Waals surface area contributed by atoms with E-state index in [1.165, 1.54) is 9.47 Å². The number of aromatic nitrogens is 8. The number of rotatable bonds is 3. The molecule has 0 spiro atoms. The highest BCUT2D eigenvalue weighted by molar-refractivity contribution is 5.41. The molecule has 0 saturated heterocycles. The fourth-order valence-electron chi connectivity index (χ4n) is 1.05. The van der Waals surface area contributed by atoms with Crippen LogP contribution < -0.4 is 5.01 Å². The lowest BCUT2D eigenvalue weighted by Gasteiger charge is -2.11. The fraction of sp³-hybridized carbons (Fsp3) is 0.600. The average molecular weight is 211 g/mol. The molecule has 0 radical (unpaired) electrons. The molecule has 2 aromatic heterocycles. The smallest absolute Gasteiger partial charge is 0.243 e. The lowest BCUT2D eigenvalue weighted by atomic mass is 10.6. The van der Waals surface area contributed by atoms with Crippen LogP contribution >= 0.6 is 0 Å². The number of hydrogen-bond donors (Lipinski definition) is 1. The highest BCUT2D eigenvalue weighted by Gasteiger charge is 2.17. The van der Waals surface area contributed by atoms with Crippen molar-refractivity contribution < 1.29 is 5.11 Å². The van der Waals surface area contributed by atoms with Crippen molar-refractivity contribution in [1.82, 2.24) is 40.5 Å². The minimum Gasteiger partial charge on any atom is -0.374 e. The SMILES string of the molecule is CN(C)n1nnnc1-c1nnnn1CO. The second-order valence-corrected chi connectivity index (χ2v) is 2.88. The van der Waals surface area contributed by atoms with Crippen molar-refractivity contribution in [2.24, 2.45) is 0 Å². The van der Waals surface area contributed by atoms with Crippen LogP contribution in [0.1, 0.15) is 0 Å². The third-order valence-corrected chi connectivity index (χ3v) is 1.70. The van der Waals surface area contributed by atoms with Crippen molar-refractivity contribution in [3.05, 3.63) is 0 Å². The molecule has 0 atom stereocenters. The van der Waals surface area contributed by atoms with E-state index in [9.17, 15) is 0 Å². The van der Waals surface area contributed by atoms with Gasteiger partial charge in [0.2, 0.25) is 11.6 Å². The Morgan fingerprint density at radius 1 is 1.13 bits per heavy atom. The van der Waals surface area contributed by atoms with Crippen LogP contribution in [0.3, 0.4) is 0 Å². The number of aliphatic hydroxyl groups excluding tert-OH is 1. The van der Waals surface area contributed by atoms with E-state index < -0.39 is 0 Å². The first-order valence-electron chi connectivity index (χ1n) is 4.07. The van der Waals surface area contributed by atoms with Crippen molar-refractivity contribution in [2.75, 3.05) is 19.1 Å². The maximum Gasteiger partial charge on any atom is 0.243 e. The van der Waals surface area contributed by atoms with Crippen LogP contribution in [-0.4, -0.2) is 59.7 Å². The summed E-state index contributed by atoms with van der Waals surface area (Å²) in [7, 11) is 3.54. The molecule has 2 rings (SSSR count). The van der Waals surface area contributed by atoms with Gasteiger partial charge in [-0.15, -0.1) is 15.0 Å². The molecule has 0 fully saturated rings. The van der Waals surface area contributed by atoms with Crippen LogP contribution in [0.25, 0.3) is 11.6 Å². The first-order chi connectivity index (χ1) is 7.24. The third kappa shape index (κ3) is 1.50. The lowest BCUT2D eigenvalue weighted by Crippen LogP contribution is -2.27. The van der Waals surface area contributed by atoms with Gasteiger partial charge in [-0.25, -0.2) is 0 Å². The largest absolute Gasteiger partial charge is 0.374 e. The normalized spacial score (nSPS) is 10.6. The molecule has 0 aromatic carbocycles. The molecular weight excluding hydrogens is 202 g/mol. The number of nitrogens with zero attached hydrogens (tertiary/aromatic N) is 9. The van der Waals surface area contributed by atoms with E-state index >= 15 is 0 Å². The molecule has 0 aliphatic heterocycles. The standard InChI is InChI=1S/C5H9N9O/c1-12(2)14-5(7-9-11-14)4-6-8-10-13(4)3-15/h15H,3H2,1-2H3. The summed E-state index contributed by atoms with van der Waals surface area (Å²) >= 11 is 0. The molecule has 0 unspecified atom stereocenters. The Bertz CT molecular complexity index is 445. The lowest BCUT2D eigenvalue weighted by molar-refractivity contribution is 0.194. The number of aliphatic hydroxyl groups is 1. The van der Waals surface area contributed by atoms with Gasteiger partial charge >= 0.3 is 0 Å². The Hall–Kier alpha value is -2.10. The monoisotopic (exact) mass is 211 g/mol. The van der Waals surface area contributed by atoms with Gasteiger partial charge < -0.3 is 5.11 Å². The van der Waals surface area contributed by atoms with Gasteiger partial charge in [0.1, 0.15) is 6.73 Å². The topological polar surface area (TPSA) is 111 Å². The highest BCUT2D eigenvalue weighted by atomic mass is 16.3. The van der Waals surface area contributed by atoms with Crippen LogP contribution in [-0.2, 0) is 6.73 Å². The van der Waals surface area contributed by atoms with E-state index in [2.05, 4.69) is 31.1 Å². The van der Waals surface area contributed by atoms with Gasteiger partial charge in [-0.05, 0) is 20.9 Å². The van der Waals surface area contributed by atoms with Gasteiger partial charge in [-0.3, -0.25) is 5.01 Å². The van der Waals surface area contributed by atoms with Crippen LogP contribution in [0.15, 0.2) is 0 Å². The van der Waals surface area contributed by atoms with Crippen molar-refractivity contribution in [1.29, 1.82) is 0 Å². The molecule has 1 N–H and O–H groups in total. The zero-order valence-corrected chi connectivity index (χ0v) is 8.18. The molecule has 2 heterocycles. The number of hydrogen-bond acceptors (Lipinski definition) is 8. The van der Waals surface area contributed by atoms with Gasteiger partial charge in [-0.1, -0.05) is 0 Å². The van der Waals surface area contributed by atoms with E-state index in [-0.39, 0.29) is 6.73 Å². The average Bonchev–Trinajstić information content (AvgIpc) is 2.85. The summed E-state index contributed by atoms with van der Waals surface area (Å²) < 4.78 is 1.19. The van der Waals surface area contributed by atoms with Crippen molar-refractivity contribution in [3.8, 4) is 11.6 Å². The van der Waals surface area contributed by atoms with Gasteiger partial charge in [0, 0.05) is 14.1 Å². The zero-order valence-electron chi connectivity index (χ0n) is 8.18. The predicted molar refractivity (Wildman–Crippen MR) is 46.9 cm³/mol. The predicted octanol–water partition coefficient (Wildman–Crippen LogP) is -2.53. The van der Waals surface area contributed by atoms with E-state index in [0.29, 0.717) is 11.6 Å². The minimum absolute atomic E-state index is 0.302. The minimum atomic E-state index is -0.331. The summed E-state index contributed by atoms with van der Waals surface area (Å²) in [6.07, 6.45) is 0. The maximum atomic E-state index is 8.96. The first-order valence-corrected chi connectivity index (χ1v) is 4.07. The molecule has 15 heavy (non-hydrogen) atoms. The maximum absolute atomic E-state index is 8.96. The third-order valence-electron chi connectivity index (χ3n) is 1.70. The fourth-order valence-corrected chi connectivity index (χ4v) is 1.05. The van der Waals surface area contributed by atoms with Crippen LogP contribution in [0.5, 0.6) is 0 Å². The quantitative estimate of drug-likeness (QED) is 0.591. The zero-order chi connectivity index (χ0) is 10.8. The summed E-state index contributed by atoms with van der Waals surface area (Å²) in [6, 6.07) is 0. The van der Waals surface area contributed by atoms with Gasteiger partial charge in [0.25, 0.3) is 0 Å². The Balaban J connectivity index is 2.49. The van der Waals surface area contributed by atoms with E-state index in [1.807, 2.05) is 0 Å². The molecule has 10 nitrogen and oxygen atoms in total. The van der Waals surface area contributed by atoms with E-state index in [0.717, 1.165) is 0 Å². The van der Waals surface area contributed by atoms with E-state index in [1.54, 1.807) is 19.1 Å². The van der Waals surface area contributed by atoms with Crippen LogP contribution in [0.2, 0.25) is 0 Å². The Kier molecular flexibility index (Phi) is 2.25. The van der Waals surface area contributed by atoms with Crippen molar-refractivity contribution >= 4 is 0 Å². The first kappa shape index (κ1) is 9.45. The molecule has 0 bridgehead atoms. The second-order valence-electron chi connectivity index (χ2n) is 2.88. The Morgan fingerprint density at radius 2 is 1.80 bits per heavy atom. The molecule has 80 valence electrons. The Morgan fingerprint density at radius 3 is 2.47 bits per heavy atom. The number of tetrazole rings is 2. The van der Waals surface area contributed by atoms with Crippen LogP contribution in [0.4, 0.5) is 0 Å². The molecule has 0 saturated carbocycles. The second kappa shape index (κ2) is 3.57. The molecule has 0 aliphatic carbocycles. The van der Waals surface area contributed by atoms with Crippen molar-refractivity contribution in [2.45, 2.75) is 6.73 Å². The summed E-state index contributed by atoms with van der Waals surface area (Å²) in [5, 5.41) is 32.4.